The number of benzene rings is 2. The van der Waals surface area contributed by atoms with E-state index in [0.717, 1.165) is 17.0 Å². The molecule has 8 heteroatoms. The number of ether oxygens (including phenoxy) is 1. The first-order valence-electron chi connectivity index (χ1n) is 10.1. The molecule has 0 bridgehead atoms. The first-order valence-corrected chi connectivity index (χ1v) is 10.1. The van der Waals surface area contributed by atoms with Crippen LogP contribution in [0.15, 0.2) is 77.9 Å². The van der Waals surface area contributed by atoms with Gasteiger partial charge in [-0.3, -0.25) is 4.40 Å². The van der Waals surface area contributed by atoms with Gasteiger partial charge in [0.1, 0.15) is 5.75 Å². The van der Waals surface area contributed by atoms with E-state index in [9.17, 15) is 4.39 Å². The number of halogens is 1. The minimum atomic E-state index is -0.406. The number of nitrogens with zero attached hydrogens (tertiary/aromatic N) is 4. The van der Waals surface area contributed by atoms with Gasteiger partial charge in [0.05, 0.1) is 13.1 Å². The lowest BCUT2D eigenvalue weighted by atomic mass is 10.2. The van der Waals surface area contributed by atoms with E-state index in [4.69, 9.17) is 4.74 Å². The minimum Gasteiger partial charge on any atom is -0.454 e. The summed E-state index contributed by atoms with van der Waals surface area (Å²) in [4.78, 5) is 4.65. The standard InChI is InChI=1S/C23H23FN6O/c1-2-25-23(27-16-22-29-28-21-13-7-8-14-30(21)22)26-15-17-9-3-5-11-19(17)31-20-12-6-4-10-18(20)24/h3-14H,2,15-16H2,1H3,(H2,25,26,27). The predicted octanol–water partition coefficient (Wildman–Crippen LogP) is 3.92. The first kappa shape index (κ1) is 20.3. The van der Waals surface area contributed by atoms with Crippen LogP contribution < -0.4 is 15.4 Å². The maximum absolute atomic E-state index is 14.0. The van der Waals surface area contributed by atoms with Crippen molar-refractivity contribution in [3.63, 3.8) is 0 Å². The molecule has 0 amide bonds. The van der Waals surface area contributed by atoms with Crippen LogP contribution in [0.25, 0.3) is 5.65 Å². The minimum absolute atomic E-state index is 0.183. The zero-order chi connectivity index (χ0) is 21.5. The van der Waals surface area contributed by atoms with E-state index < -0.39 is 5.82 Å². The molecule has 0 unspecified atom stereocenters. The highest BCUT2D eigenvalue weighted by Crippen LogP contribution is 2.27. The Balaban J connectivity index is 1.48. The van der Waals surface area contributed by atoms with Crippen molar-refractivity contribution in [2.75, 3.05) is 6.54 Å². The molecule has 2 aromatic heterocycles. The van der Waals surface area contributed by atoms with Gasteiger partial charge in [-0.15, -0.1) is 10.2 Å². The Morgan fingerprint density at radius 1 is 0.968 bits per heavy atom. The molecule has 0 atom stereocenters. The number of fused-ring (bicyclic) bond motifs is 1. The Bertz CT molecular complexity index is 1190. The molecule has 0 saturated heterocycles. The number of rotatable bonds is 7. The summed E-state index contributed by atoms with van der Waals surface area (Å²) in [5.74, 6) is 1.76. The monoisotopic (exact) mass is 418 g/mol. The molecule has 0 spiro atoms. The number of hydrogen-bond acceptors (Lipinski definition) is 4. The highest BCUT2D eigenvalue weighted by atomic mass is 19.1. The van der Waals surface area contributed by atoms with Gasteiger partial charge >= 0.3 is 0 Å². The molecule has 0 aliphatic carbocycles. The summed E-state index contributed by atoms with van der Waals surface area (Å²) in [6, 6.07) is 19.6. The fourth-order valence-corrected chi connectivity index (χ4v) is 3.06. The molecular formula is C23H23FN6O. The number of aliphatic imine (C=N–C) groups is 1. The molecule has 0 aliphatic heterocycles. The van der Waals surface area contributed by atoms with Gasteiger partial charge in [0.2, 0.25) is 0 Å². The second-order valence-electron chi connectivity index (χ2n) is 6.73. The highest BCUT2D eigenvalue weighted by Gasteiger charge is 2.09. The predicted molar refractivity (Wildman–Crippen MR) is 118 cm³/mol. The van der Waals surface area contributed by atoms with Crippen LogP contribution in [0, 0.1) is 5.82 Å². The highest BCUT2D eigenvalue weighted by molar-refractivity contribution is 5.79. The molecule has 2 heterocycles. The summed E-state index contributed by atoms with van der Waals surface area (Å²) < 4.78 is 21.7. The summed E-state index contributed by atoms with van der Waals surface area (Å²) in [5, 5.41) is 14.9. The van der Waals surface area contributed by atoms with E-state index in [1.165, 1.54) is 6.07 Å². The summed E-state index contributed by atoms with van der Waals surface area (Å²) in [5.41, 5.74) is 1.64. The van der Waals surface area contributed by atoms with Gasteiger partial charge < -0.3 is 15.4 Å². The van der Waals surface area contributed by atoms with Crippen LogP contribution >= 0.6 is 0 Å². The number of nitrogens with one attached hydrogen (secondary N) is 2. The van der Waals surface area contributed by atoms with Crippen molar-refractivity contribution in [2.24, 2.45) is 4.99 Å². The molecule has 4 rings (SSSR count). The van der Waals surface area contributed by atoms with E-state index in [1.807, 2.05) is 53.9 Å². The van der Waals surface area contributed by atoms with Crippen LogP contribution in [0.3, 0.4) is 0 Å². The molecule has 4 aromatic rings. The van der Waals surface area contributed by atoms with Crippen LogP contribution in [0.4, 0.5) is 4.39 Å². The van der Waals surface area contributed by atoms with Crippen LogP contribution in [-0.2, 0) is 13.1 Å². The maximum atomic E-state index is 14.0. The molecule has 2 aromatic carbocycles. The van der Waals surface area contributed by atoms with E-state index in [2.05, 4.69) is 25.8 Å². The van der Waals surface area contributed by atoms with Gasteiger partial charge in [0.15, 0.2) is 29.0 Å². The molecule has 0 aliphatic rings. The van der Waals surface area contributed by atoms with Gasteiger partial charge in [-0.2, -0.15) is 0 Å². The van der Waals surface area contributed by atoms with Gasteiger partial charge in [-0.1, -0.05) is 36.4 Å². The average molecular weight is 418 g/mol. The number of pyridine rings is 1. The molecule has 0 radical (unpaired) electrons. The molecule has 0 fully saturated rings. The Morgan fingerprint density at radius 2 is 1.74 bits per heavy atom. The maximum Gasteiger partial charge on any atom is 0.191 e. The van der Waals surface area contributed by atoms with E-state index in [1.54, 1.807) is 24.3 Å². The van der Waals surface area contributed by atoms with Crippen molar-refractivity contribution in [3.05, 3.63) is 90.1 Å². The average Bonchev–Trinajstić information content (AvgIpc) is 3.21. The van der Waals surface area contributed by atoms with Crippen molar-refractivity contribution in [2.45, 2.75) is 20.0 Å². The third-order valence-corrected chi connectivity index (χ3v) is 4.58. The van der Waals surface area contributed by atoms with E-state index >= 15 is 0 Å². The number of hydrogen-bond donors (Lipinski definition) is 2. The molecule has 0 saturated carbocycles. The zero-order valence-electron chi connectivity index (χ0n) is 17.1. The summed E-state index contributed by atoms with van der Waals surface area (Å²) in [7, 11) is 0. The van der Waals surface area contributed by atoms with Gasteiger partial charge in [0, 0.05) is 18.3 Å². The fourth-order valence-electron chi connectivity index (χ4n) is 3.06. The number of aromatic nitrogens is 3. The second-order valence-corrected chi connectivity index (χ2v) is 6.73. The first-order chi connectivity index (χ1) is 15.2. The Hall–Kier alpha value is -3.94. The lowest BCUT2D eigenvalue weighted by Crippen LogP contribution is -2.37. The molecule has 158 valence electrons. The SMILES string of the molecule is CCNC(=NCc1ccccc1Oc1ccccc1F)NCc1nnc2ccccn12. The topological polar surface area (TPSA) is 75.8 Å². The van der Waals surface area contributed by atoms with Crippen LogP contribution in [-0.4, -0.2) is 27.1 Å². The molecule has 2 N–H and O–H groups in total. The third-order valence-electron chi connectivity index (χ3n) is 4.58. The van der Waals surface area contributed by atoms with Crippen molar-refractivity contribution < 1.29 is 9.13 Å². The quantitative estimate of drug-likeness (QED) is 0.352. The third kappa shape index (κ3) is 4.98. The zero-order valence-corrected chi connectivity index (χ0v) is 17.1. The van der Waals surface area contributed by atoms with Crippen LogP contribution in [0.5, 0.6) is 11.5 Å². The van der Waals surface area contributed by atoms with Crippen molar-refractivity contribution in [1.82, 2.24) is 25.2 Å². The fraction of sp³-hybridized carbons (Fsp3) is 0.174. The summed E-state index contributed by atoms with van der Waals surface area (Å²) in [6.07, 6.45) is 1.92. The molecule has 7 nitrogen and oxygen atoms in total. The number of para-hydroxylation sites is 2. The van der Waals surface area contributed by atoms with E-state index in [0.29, 0.717) is 31.3 Å². The van der Waals surface area contributed by atoms with Gasteiger partial charge in [0.25, 0.3) is 0 Å². The Labute approximate surface area is 179 Å². The summed E-state index contributed by atoms with van der Waals surface area (Å²) in [6.45, 7) is 3.53. The Kier molecular flexibility index (Phi) is 6.37. The van der Waals surface area contributed by atoms with Crippen molar-refractivity contribution >= 4 is 11.6 Å². The molecular weight excluding hydrogens is 395 g/mol. The largest absolute Gasteiger partial charge is 0.454 e. The summed E-state index contributed by atoms with van der Waals surface area (Å²) >= 11 is 0. The normalized spacial score (nSPS) is 11.5. The lowest BCUT2D eigenvalue weighted by Gasteiger charge is -2.13. The molecule has 31 heavy (non-hydrogen) atoms. The Morgan fingerprint density at radius 3 is 2.58 bits per heavy atom. The smallest absolute Gasteiger partial charge is 0.191 e. The van der Waals surface area contributed by atoms with Gasteiger partial charge in [-0.25, -0.2) is 9.38 Å². The second kappa shape index (κ2) is 9.71. The van der Waals surface area contributed by atoms with Crippen molar-refractivity contribution in [1.29, 1.82) is 0 Å². The van der Waals surface area contributed by atoms with E-state index in [-0.39, 0.29) is 5.75 Å². The van der Waals surface area contributed by atoms with Gasteiger partial charge in [-0.05, 0) is 37.3 Å². The van der Waals surface area contributed by atoms with Crippen LogP contribution in [0.1, 0.15) is 18.3 Å². The number of guanidine groups is 1. The van der Waals surface area contributed by atoms with Crippen molar-refractivity contribution in [3.8, 4) is 11.5 Å². The van der Waals surface area contributed by atoms with Crippen LogP contribution in [0.2, 0.25) is 0 Å². The lowest BCUT2D eigenvalue weighted by molar-refractivity contribution is 0.438.